The van der Waals surface area contributed by atoms with E-state index in [-0.39, 0.29) is 17.0 Å². The van der Waals surface area contributed by atoms with Gasteiger partial charge in [-0.2, -0.15) is 0 Å². The third-order valence-corrected chi connectivity index (χ3v) is 6.33. The van der Waals surface area contributed by atoms with E-state index in [2.05, 4.69) is 20.1 Å². The molecule has 0 aliphatic heterocycles. The summed E-state index contributed by atoms with van der Waals surface area (Å²) in [6.45, 7) is 3.51. The number of hydrogen-bond acceptors (Lipinski definition) is 5. The van der Waals surface area contributed by atoms with Crippen LogP contribution < -0.4 is 5.32 Å². The van der Waals surface area contributed by atoms with Crippen molar-refractivity contribution in [3.05, 3.63) is 47.1 Å². The summed E-state index contributed by atoms with van der Waals surface area (Å²) in [5.41, 5.74) is 1.01. The van der Waals surface area contributed by atoms with E-state index >= 15 is 0 Å². The highest BCUT2D eigenvalue weighted by molar-refractivity contribution is 8.00. The van der Waals surface area contributed by atoms with Crippen molar-refractivity contribution in [2.75, 3.05) is 5.32 Å². The second-order valence-corrected chi connectivity index (χ2v) is 8.85. The molecule has 1 saturated carbocycles. The maximum atomic E-state index is 13.7. The van der Waals surface area contributed by atoms with Crippen LogP contribution in [0.15, 0.2) is 40.9 Å². The lowest BCUT2D eigenvalue weighted by Gasteiger charge is -2.13. The van der Waals surface area contributed by atoms with E-state index in [9.17, 15) is 9.18 Å². The molecule has 1 aliphatic carbocycles. The van der Waals surface area contributed by atoms with Crippen LogP contribution >= 0.6 is 23.1 Å². The van der Waals surface area contributed by atoms with Gasteiger partial charge in [-0.25, -0.2) is 4.39 Å². The summed E-state index contributed by atoms with van der Waals surface area (Å²) in [5.74, 6) is 0.344. The summed E-state index contributed by atoms with van der Waals surface area (Å²) in [5, 5.41) is 13.8. The van der Waals surface area contributed by atoms with Gasteiger partial charge in [-0.3, -0.25) is 9.36 Å². The first-order valence-corrected chi connectivity index (χ1v) is 10.5. The van der Waals surface area contributed by atoms with E-state index < -0.39 is 0 Å². The van der Waals surface area contributed by atoms with E-state index in [0.717, 1.165) is 28.7 Å². The van der Waals surface area contributed by atoms with Crippen LogP contribution in [0.4, 0.5) is 10.1 Å². The molecule has 2 heterocycles. The summed E-state index contributed by atoms with van der Waals surface area (Å²) in [6, 6.07) is 9.13. The molecule has 1 amide bonds. The molecule has 1 aliphatic rings. The molecule has 2 aromatic heterocycles. The molecular weight excluding hydrogens is 383 g/mol. The molecule has 5 nitrogen and oxygen atoms in total. The van der Waals surface area contributed by atoms with Crippen molar-refractivity contribution >= 4 is 34.7 Å². The van der Waals surface area contributed by atoms with Gasteiger partial charge < -0.3 is 5.32 Å². The van der Waals surface area contributed by atoms with E-state index in [1.165, 1.54) is 17.8 Å². The quantitative estimate of drug-likeness (QED) is 0.595. The molecular formula is C19H19FN4OS2. The lowest BCUT2D eigenvalue weighted by molar-refractivity contribution is -0.115. The second-order valence-electron chi connectivity index (χ2n) is 6.60. The van der Waals surface area contributed by atoms with Gasteiger partial charge in [0.1, 0.15) is 5.82 Å². The Morgan fingerprint density at radius 3 is 2.85 bits per heavy atom. The van der Waals surface area contributed by atoms with Crippen LogP contribution in [0, 0.1) is 12.7 Å². The van der Waals surface area contributed by atoms with Gasteiger partial charge in [0, 0.05) is 11.7 Å². The molecule has 0 unspecified atom stereocenters. The van der Waals surface area contributed by atoms with E-state index in [0.29, 0.717) is 17.3 Å². The van der Waals surface area contributed by atoms with Gasteiger partial charge in [-0.05, 0) is 55.8 Å². The molecule has 1 aromatic carbocycles. The Hall–Kier alpha value is -2.19. The number of carbonyl (C=O) groups excluding carboxylic acids is 1. The number of carbonyl (C=O) groups is 1. The fourth-order valence-corrected chi connectivity index (χ4v) is 4.34. The average molecular weight is 403 g/mol. The Labute approximate surface area is 165 Å². The number of hydrogen-bond donors (Lipinski definition) is 1. The number of amides is 1. The predicted octanol–water partition coefficient (Wildman–Crippen LogP) is 4.91. The molecule has 3 aromatic rings. The SMILES string of the molecule is Cc1ccc(NC(=O)[C@H](C)Sc2nnc(-c3cccs3)n2C2CC2)cc1F. The van der Waals surface area contributed by atoms with Crippen molar-refractivity contribution < 1.29 is 9.18 Å². The van der Waals surface area contributed by atoms with Gasteiger partial charge in [-0.15, -0.1) is 21.5 Å². The van der Waals surface area contributed by atoms with Gasteiger partial charge in [0.15, 0.2) is 11.0 Å². The summed E-state index contributed by atoms with van der Waals surface area (Å²) < 4.78 is 15.8. The largest absolute Gasteiger partial charge is 0.325 e. The zero-order chi connectivity index (χ0) is 19.0. The Kier molecular flexibility index (Phi) is 5.01. The molecule has 27 heavy (non-hydrogen) atoms. The number of thiophene rings is 1. The Morgan fingerprint density at radius 1 is 1.37 bits per heavy atom. The summed E-state index contributed by atoms with van der Waals surface area (Å²) in [4.78, 5) is 13.6. The lowest BCUT2D eigenvalue weighted by atomic mass is 10.2. The summed E-state index contributed by atoms with van der Waals surface area (Å²) in [6.07, 6.45) is 2.21. The van der Waals surface area contributed by atoms with Gasteiger partial charge in [0.25, 0.3) is 0 Å². The standard InChI is InChI=1S/C19H19FN4OS2/c1-11-5-6-13(10-15(11)20)21-18(25)12(2)27-19-23-22-17(16-4-3-9-26-16)24(19)14-7-8-14/h3-6,9-10,12,14H,7-8H2,1-2H3,(H,21,25)/t12-/m0/s1. The summed E-state index contributed by atoms with van der Waals surface area (Å²) >= 11 is 3.01. The third kappa shape index (κ3) is 3.91. The molecule has 1 fully saturated rings. The fourth-order valence-electron chi connectivity index (χ4n) is 2.72. The van der Waals surface area contributed by atoms with Crippen LogP contribution in [0.3, 0.4) is 0 Å². The molecule has 0 spiro atoms. The molecule has 0 radical (unpaired) electrons. The van der Waals surface area contributed by atoms with Gasteiger partial charge in [0.05, 0.1) is 10.1 Å². The van der Waals surface area contributed by atoms with Crippen LogP contribution in [0.1, 0.15) is 31.4 Å². The smallest absolute Gasteiger partial charge is 0.237 e. The highest BCUT2D eigenvalue weighted by Gasteiger charge is 2.31. The average Bonchev–Trinajstić information content (AvgIpc) is 3.17. The van der Waals surface area contributed by atoms with Crippen LogP contribution in [-0.4, -0.2) is 25.9 Å². The van der Waals surface area contributed by atoms with E-state index in [4.69, 9.17) is 0 Å². The molecule has 4 rings (SSSR count). The Bertz CT molecular complexity index is 966. The third-order valence-electron chi connectivity index (χ3n) is 4.41. The molecule has 1 N–H and O–H groups in total. The molecule has 140 valence electrons. The fraction of sp³-hybridized carbons (Fsp3) is 0.316. The van der Waals surface area contributed by atoms with Crippen molar-refractivity contribution in [3.63, 3.8) is 0 Å². The zero-order valence-electron chi connectivity index (χ0n) is 15.0. The maximum Gasteiger partial charge on any atom is 0.237 e. The number of nitrogens with zero attached hydrogens (tertiary/aromatic N) is 3. The monoisotopic (exact) mass is 402 g/mol. The number of nitrogens with one attached hydrogen (secondary N) is 1. The molecule has 8 heteroatoms. The maximum absolute atomic E-state index is 13.7. The number of anilines is 1. The first-order chi connectivity index (χ1) is 13.0. The normalized spacial score (nSPS) is 14.9. The molecule has 0 bridgehead atoms. The number of thioether (sulfide) groups is 1. The van der Waals surface area contributed by atoms with Crippen LogP contribution in [0.25, 0.3) is 10.7 Å². The van der Waals surface area contributed by atoms with Gasteiger partial charge in [-0.1, -0.05) is 23.9 Å². The Morgan fingerprint density at radius 2 is 2.19 bits per heavy atom. The van der Waals surface area contributed by atoms with Crippen molar-refractivity contribution in [2.45, 2.75) is 43.1 Å². The first kappa shape index (κ1) is 18.2. The topological polar surface area (TPSA) is 59.8 Å². The molecule has 0 saturated heterocycles. The molecule has 1 atom stereocenters. The van der Waals surface area contributed by atoms with Crippen LogP contribution in [0.5, 0.6) is 0 Å². The summed E-state index contributed by atoms with van der Waals surface area (Å²) in [7, 11) is 0. The highest BCUT2D eigenvalue weighted by Crippen LogP contribution is 2.42. The van der Waals surface area contributed by atoms with Crippen molar-refractivity contribution in [3.8, 4) is 10.7 Å². The minimum atomic E-state index is -0.382. The zero-order valence-corrected chi connectivity index (χ0v) is 16.6. The lowest BCUT2D eigenvalue weighted by Crippen LogP contribution is -2.23. The van der Waals surface area contributed by atoms with Gasteiger partial charge >= 0.3 is 0 Å². The minimum Gasteiger partial charge on any atom is -0.325 e. The van der Waals surface area contributed by atoms with Crippen LogP contribution in [-0.2, 0) is 4.79 Å². The first-order valence-electron chi connectivity index (χ1n) is 8.75. The number of aromatic nitrogens is 3. The Balaban J connectivity index is 1.50. The highest BCUT2D eigenvalue weighted by atomic mass is 32.2. The van der Waals surface area contributed by atoms with Crippen molar-refractivity contribution in [2.24, 2.45) is 0 Å². The van der Waals surface area contributed by atoms with Gasteiger partial charge in [0.2, 0.25) is 5.91 Å². The number of benzene rings is 1. The minimum absolute atomic E-state index is 0.189. The number of rotatable bonds is 6. The van der Waals surface area contributed by atoms with Crippen molar-refractivity contribution in [1.29, 1.82) is 0 Å². The number of halogens is 1. The number of aryl methyl sites for hydroxylation is 1. The van der Waals surface area contributed by atoms with Crippen molar-refractivity contribution in [1.82, 2.24) is 14.8 Å². The van der Waals surface area contributed by atoms with E-state index in [1.807, 2.05) is 24.4 Å². The predicted molar refractivity (Wildman–Crippen MR) is 107 cm³/mol. The second kappa shape index (κ2) is 7.44. The van der Waals surface area contributed by atoms with E-state index in [1.54, 1.807) is 30.4 Å². The van der Waals surface area contributed by atoms with Crippen LogP contribution in [0.2, 0.25) is 0 Å².